The molecule has 1 aromatic carbocycles. The monoisotopic (exact) mass is 271 g/mol. The van der Waals surface area contributed by atoms with Crippen molar-refractivity contribution in [3.63, 3.8) is 0 Å². The molecule has 2 aromatic rings. The first-order valence-corrected chi connectivity index (χ1v) is 7.58. The van der Waals surface area contributed by atoms with Crippen LogP contribution >= 0.6 is 0 Å². The molecule has 20 heavy (non-hydrogen) atoms. The normalized spacial score (nSPS) is 10.9. The summed E-state index contributed by atoms with van der Waals surface area (Å²) in [5.41, 5.74) is 1.26. The highest BCUT2D eigenvalue weighted by atomic mass is 15.2. The molecule has 108 valence electrons. The maximum absolute atomic E-state index is 4.75. The van der Waals surface area contributed by atoms with Crippen molar-refractivity contribution in [1.29, 1.82) is 0 Å². The Morgan fingerprint density at radius 2 is 1.70 bits per heavy atom. The van der Waals surface area contributed by atoms with E-state index in [0.717, 1.165) is 38.3 Å². The molecule has 0 bridgehead atoms. The van der Waals surface area contributed by atoms with E-state index >= 15 is 0 Å². The Hall–Kier alpha value is -1.61. The van der Waals surface area contributed by atoms with Crippen molar-refractivity contribution in [2.75, 3.05) is 25.0 Å². The molecule has 0 aliphatic heterocycles. The molecule has 2 rings (SSSR count). The smallest absolute Gasteiger partial charge is 0.136 e. The van der Waals surface area contributed by atoms with Gasteiger partial charge in [0.05, 0.1) is 0 Å². The minimum Gasteiger partial charge on any atom is -0.356 e. The maximum Gasteiger partial charge on any atom is 0.136 e. The lowest BCUT2D eigenvalue weighted by molar-refractivity contribution is 0.736. The van der Waals surface area contributed by atoms with E-state index in [1.165, 1.54) is 16.3 Å². The third-order valence-corrected chi connectivity index (χ3v) is 3.51. The second-order valence-corrected chi connectivity index (χ2v) is 5.17. The van der Waals surface area contributed by atoms with Crippen LogP contribution in [-0.4, -0.2) is 25.1 Å². The summed E-state index contributed by atoms with van der Waals surface area (Å²) in [4.78, 5) is 7.16. The van der Waals surface area contributed by atoms with E-state index in [0.29, 0.717) is 0 Å². The SMILES string of the molecule is CCCN(CCC)c1ncc(CNC)c2ccccc12. The number of pyridine rings is 1. The first-order chi connectivity index (χ1) is 9.81. The second kappa shape index (κ2) is 7.25. The Bertz CT molecular complexity index is 545. The topological polar surface area (TPSA) is 28.2 Å². The molecule has 0 atom stereocenters. The van der Waals surface area contributed by atoms with Gasteiger partial charge in [0.25, 0.3) is 0 Å². The molecule has 0 fully saturated rings. The standard InChI is InChI=1S/C17H25N3/c1-4-10-20(11-5-2)17-16-9-7-6-8-15(16)14(12-18-3)13-19-17/h6-9,13,18H,4-5,10-12H2,1-3H3. The van der Waals surface area contributed by atoms with Crippen molar-refractivity contribution < 1.29 is 0 Å². The summed E-state index contributed by atoms with van der Waals surface area (Å²) in [6.45, 7) is 7.43. The third kappa shape index (κ3) is 3.10. The van der Waals surface area contributed by atoms with Crippen LogP contribution in [0.1, 0.15) is 32.3 Å². The predicted molar refractivity (Wildman–Crippen MR) is 87.3 cm³/mol. The van der Waals surface area contributed by atoms with Crippen LogP contribution in [0.3, 0.4) is 0 Å². The van der Waals surface area contributed by atoms with E-state index in [2.05, 4.69) is 48.3 Å². The van der Waals surface area contributed by atoms with E-state index in [1.807, 2.05) is 13.2 Å². The van der Waals surface area contributed by atoms with E-state index in [4.69, 9.17) is 4.98 Å². The molecule has 3 nitrogen and oxygen atoms in total. The number of anilines is 1. The highest BCUT2D eigenvalue weighted by Gasteiger charge is 2.12. The Labute approximate surface area is 122 Å². The number of benzene rings is 1. The fourth-order valence-corrected chi connectivity index (χ4v) is 2.68. The average Bonchev–Trinajstić information content (AvgIpc) is 2.48. The number of rotatable bonds is 7. The van der Waals surface area contributed by atoms with Crippen LogP contribution in [0.5, 0.6) is 0 Å². The minimum atomic E-state index is 0.856. The van der Waals surface area contributed by atoms with Gasteiger partial charge in [-0.05, 0) is 30.8 Å². The average molecular weight is 271 g/mol. The predicted octanol–water partition coefficient (Wildman–Crippen LogP) is 3.58. The minimum absolute atomic E-state index is 0.856. The number of fused-ring (bicyclic) bond motifs is 1. The van der Waals surface area contributed by atoms with Gasteiger partial charge in [-0.1, -0.05) is 38.1 Å². The van der Waals surface area contributed by atoms with E-state index in [-0.39, 0.29) is 0 Å². The van der Waals surface area contributed by atoms with Gasteiger partial charge in [-0.3, -0.25) is 0 Å². The highest BCUT2D eigenvalue weighted by Crippen LogP contribution is 2.27. The number of aromatic nitrogens is 1. The maximum atomic E-state index is 4.75. The Balaban J connectivity index is 2.50. The van der Waals surface area contributed by atoms with Gasteiger partial charge in [0.2, 0.25) is 0 Å². The van der Waals surface area contributed by atoms with Crippen molar-refractivity contribution in [3.8, 4) is 0 Å². The zero-order chi connectivity index (χ0) is 14.4. The molecule has 0 amide bonds. The van der Waals surface area contributed by atoms with Gasteiger partial charge >= 0.3 is 0 Å². The molecule has 0 unspecified atom stereocenters. The van der Waals surface area contributed by atoms with Crippen LogP contribution in [0, 0.1) is 0 Å². The number of hydrogen-bond acceptors (Lipinski definition) is 3. The summed E-state index contributed by atoms with van der Waals surface area (Å²) < 4.78 is 0. The molecule has 0 saturated carbocycles. The number of nitrogens with zero attached hydrogens (tertiary/aromatic N) is 2. The third-order valence-electron chi connectivity index (χ3n) is 3.51. The summed E-state index contributed by atoms with van der Waals surface area (Å²) in [6.07, 6.45) is 4.31. The molecular weight excluding hydrogens is 246 g/mol. The second-order valence-electron chi connectivity index (χ2n) is 5.17. The molecule has 1 N–H and O–H groups in total. The van der Waals surface area contributed by atoms with E-state index < -0.39 is 0 Å². The molecule has 0 aliphatic carbocycles. The van der Waals surface area contributed by atoms with Crippen molar-refractivity contribution in [2.45, 2.75) is 33.2 Å². The van der Waals surface area contributed by atoms with Gasteiger partial charge in [0, 0.05) is 31.2 Å². The van der Waals surface area contributed by atoms with Crippen LogP contribution in [-0.2, 0) is 6.54 Å². The van der Waals surface area contributed by atoms with Crippen molar-refractivity contribution in [2.24, 2.45) is 0 Å². The van der Waals surface area contributed by atoms with Gasteiger partial charge in [-0.15, -0.1) is 0 Å². The molecule has 3 heteroatoms. The van der Waals surface area contributed by atoms with E-state index in [1.54, 1.807) is 0 Å². The van der Waals surface area contributed by atoms with Crippen LogP contribution < -0.4 is 10.2 Å². The molecule has 0 saturated heterocycles. The summed E-state index contributed by atoms with van der Waals surface area (Å²) in [7, 11) is 1.98. The summed E-state index contributed by atoms with van der Waals surface area (Å²) in [6, 6.07) is 8.60. The van der Waals surface area contributed by atoms with Crippen LogP contribution in [0.15, 0.2) is 30.5 Å². The summed E-state index contributed by atoms with van der Waals surface area (Å²) in [5.74, 6) is 1.13. The lowest BCUT2D eigenvalue weighted by atomic mass is 10.1. The quantitative estimate of drug-likeness (QED) is 0.834. The summed E-state index contributed by atoms with van der Waals surface area (Å²) >= 11 is 0. The molecule has 1 heterocycles. The molecule has 0 spiro atoms. The van der Waals surface area contributed by atoms with Crippen molar-refractivity contribution in [1.82, 2.24) is 10.3 Å². The number of hydrogen-bond donors (Lipinski definition) is 1. The number of nitrogens with one attached hydrogen (secondary N) is 1. The van der Waals surface area contributed by atoms with Crippen LogP contribution in [0.4, 0.5) is 5.82 Å². The van der Waals surface area contributed by atoms with E-state index in [9.17, 15) is 0 Å². The highest BCUT2D eigenvalue weighted by molar-refractivity contribution is 5.94. The fraction of sp³-hybridized carbons (Fsp3) is 0.471. The van der Waals surface area contributed by atoms with Crippen molar-refractivity contribution in [3.05, 3.63) is 36.0 Å². The molecule has 0 radical (unpaired) electrons. The molecule has 1 aromatic heterocycles. The lowest BCUT2D eigenvalue weighted by Crippen LogP contribution is -2.26. The van der Waals surface area contributed by atoms with Crippen LogP contribution in [0.25, 0.3) is 10.8 Å². The van der Waals surface area contributed by atoms with Crippen molar-refractivity contribution >= 4 is 16.6 Å². The van der Waals surface area contributed by atoms with Gasteiger partial charge in [-0.25, -0.2) is 4.98 Å². The largest absolute Gasteiger partial charge is 0.356 e. The van der Waals surface area contributed by atoms with Gasteiger partial charge in [-0.2, -0.15) is 0 Å². The van der Waals surface area contributed by atoms with Gasteiger partial charge < -0.3 is 10.2 Å². The molecular formula is C17H25N3. The van der Waals surface area contributed by atoms with Gasteiger partial charge in [0.1, 0.15) is 5.82 Å². The lowest BCUT2D eigenvalue weighted by Gasteiger charge is -2.24. The fourth-order valence-electron chi connectivity index (χ4n) is 2.68. The first kappa shape index (κ1) is 14.8. The zero-order valence-corrected chi connectivity index (χ0v) is 12.8. The summed E-state index contributed by atoms with van der Waals surface area (Å²) in [5, 5.41) is 5.80. The Morgan fingerprint density at radius 3 is 2.30 bits per heavy atom. The Kier molecular flexibility index (Phi) is 5.36. The van der Waals surface area contributed by atoms with Gasteiger partial charge in [0.15, 0.2) is 0 Å². The molecule has 0 aliphatic rings. The Morgan fingerprint density at radius 1 is 1.05 bits per heavy atom. The first-order valence-electron chi connectivity index (χ1n) is 7.58. The zero-order valence-electron chi connectivity index (χ0n) is 12.8. The van der Waals surface area contributed by atoms with Crippen LogP contribution in [0.2, 0.25) is 0 Å².